The van der Waals surface area contributed by atoms with Gasteiger partial charge < -0.3 is 15.7 Å². The van der Waals surface area contributed by atoms with Gasteiger partial charge in [0.2, 0.25) is 0 Å². The van der Waals surface area contributed by atoms with Crippen molar-refractivity contribution in [3.05, 3.63) is 0 Å². The van der Waals surface area contributed by atoms with Gasteiger partial charge >= 0.3 is 24.1 Å². The minimum Gasteiger partial charge on any atom is -0.475 e. The second-order valence-corrected chi connectivity index (χ2v) is 2.49. The Morgan fingerprint density at radius 2 is 1.76 bits per heavy atom. The lowest BCUT2D eigenvalue weighted by Gasteiger charge is -1.99. The molecule has 0 saturated heterocycles. The lowest BCUT2D eigenvalue weighted by molar-refractivity contribution is -0.192. The van der Waals surface area contributed by atoms with Crippen LogP contribution in [0.4, 0.5) is 18.0 Å². The SMILES string of the molecule is CCCC(=O)ONC(N)=O.O=C(O)C(F)(F)F. The van der Waals surface area contributed by atoms with E-state index in [1.807, 2.05) is 6.92 Å². The van der Waals surface area contributed by atoms with Crippen LogP contribution in [0.2, 0.25) is 0 Å². The molecular formula is C7H11F3N2O5. The third-order valence-electron chi connectivity index (χ3n) is 0.962. The number of rotatable bonds is 2. The Hall–Kier alpha value is -2.00. The molecule has 0 rings (SSSR count). The van der Waals surface area contributed by atoms with Gasteiger partial charge in [0.1, 0.15) is 0 Å². The summed E-state index contributed by atoms with van der Waals surface area (Å²) in [5.74, 6) is -3.24. The number of urea groups is 1. The highest BCUT2D eigenvalue weighted by Gasteiger charge is 2.38. The molecule has 0 radical (unpaired) electrons. The van der Waals surface area contributed by atoms with Crippen molar-refractivity contribution in [1.29, 1.82) is 0 Å². The maximum atomic E-state index is 10.6. The molecule has 0 unspecified atom stereocenters. The van der Waals surface area contributed by atoms with E-state index in [4.69, 9.17) is 9.90 Å². The summed E-state index contributed by atoms with van der Waals surface area (Å²) in [7, 11) is 0. The second kappa shape index (κ2) is 8.19. The predicted molar refractivity (Wildman–Crippen MR) is 47.4 cm³/mol. The van der Waals surface area contributed by atoms with Crippen molar-refractivity contribution in [3.63, 3.8) is 0 Å². The maximum Gasteiger partial charge on any atom is 0.490 e. The fourth-order valence-electron chi connectivity index (χ4n) is 0.362. The fraction of sp³-hybridized carbons (Fsp3) is 0.571. The third-order valence-corrected chi connectivity index (χ3v) is 0.962. The van der Waals surface area contributed by atoms with E-state index in [1.165, 1.54) is 0 Å². The summed E-state index contributed by atoms with van der Waals surface area (Å²) in [4.78, 5) is 33.5. The Balaban J connectivity index is 0. The van der Waals surface area contributed by atoms with Gasteiger partial charge in [0, 0.05) is 6.42 Å². The van der Waals surface area contributed by atoms with E-state index in [9.17, 15) is 22.8 Å². The first kappa shape index (κ1) is 17.4. The fourth-order valence-corrected chi connectivity index (χ4v) is 0.362. The number of aliphatic carboxylic acids is 1. The molecule has 7 nitrogen and oxygen atoms in total. The molecule has 0 fully saturated rings. The van der Waals surface area contributed by atoms with Gasteiger partial charge in [-0.25, -0.2) is 14.4 Å². The lowest BCUT2D eigenvalue weighted by Crippen LogP contribution is -2.31. The molecule has 4 N–H and O–H groups in total. The molecule has 0 aliphatic rings. The van der Waals surface area contributed by atoms with Crippen LogP contribution in [0.5, 0.6) is 0 Å². The highest BCUT2D eigenvalue weighted by molar-refractivity contribution is 5.75. The summed E-state index contributed by atoms with van der Waals surface area (Å²) >= 11 is 0. The minimum atomic E-state index is -5.08. The first-order valence-electron chi connectivity index (χ1n) is 4.16. The molecule has 0 spiro atoms. The number of primary amides is 1. The predicted octanol–water partition coefficient (Wildman–Crippen LogP) is 0.546. The van der Waals surface area contributed by atoms with Crippen LogP contribution >= 0.6 is 0 Å². The van der Waals surface area contributed by atoms with Crippen molar-refractivity contribution in [3.8, 4) is 0 Å². The largest absolute Gasteiger partial charge is 0.490 e. The monoisotopic (exact) mass is 260 g/mol. The van der Waals surface area contributed by atoms with E-state index >= 15 is 0 Å². The highest BCUT2D eigenvalue weighted by Crippen LogP contribution is 2.13. The number of nitrogens with one attached hydrogen (secondary N) is 1. The summed E-state index contributed by atoms with van der Waals surface area (Å²) in [5.41, 5.74) is 6.33. The quantitative estimate of drug-likeness (QED) is 0.626. The van der Waals surface area contributed by atoms with E-state index < -0.39 is 24.1 Å². The van der Waals surface area contributed by atoms with Crippen LogP contribution in [0.1, 0.15) is 19.8 Å². The van der Waals surface area contributed by atoms with Crippen LogP contribution in [0, 0.1) is 0 Å². The molecule has 17 heavy (non-hydrogen) atoms. The summed E-state index contributed by atoms with van der Waals surface area (Å²) < 4.78 is 31.7. The standard InChI is InChI=1S/C5H10N2O3.C2HF3O2/c1-2-3-4(8)10-7-5(6)9;3-2(4,5)1(6)7/h2-3H2,1H3,(H3,6,7,9);(H,6,7). The summed E-state index contributed by atoms with van der Waals surface area (Å²) in [6.07, 6.45) is -4.13. The van der Waals surface area contributed by atoms with Crippen LogP contribution < -0.4 is 11.2 Å². The number of hydrogen-bond acceptors (Lipinski definition) is 4. The smallest absolute Gasteiger partial charge is 0.475 e. The van der Waals surface area contributed by atoms with Crippen LogP contribution in [-0.4, -0.2) is 29.3 Å². The van der Waals surface area contributed by atoms with Crippen LogP contribution in [0.15, 0.2) is 0 Å². The Labute approximate surface area is 93.7 Å². The molecule has 0 aromatic heterocycles. The van der Waals surface area contributed by atoms with Crippen molar-refractivity contribution < 1.29 is 37.5 Å². The molecule has 0 aliphatic carbocycles. The topological polar surface area (TPSA) is 119 Å². The zero-order chi connectivity index (χ0) is 14.1. The van der Waals surface area contributed by atoms with E-state index in [0.717, 1.165) is 0 Å². The van der Waals surface area contributed by atoms with Gasteiger partial charge in [-0.05, 0) is 6.42 Å². The summed E-state index contributed by atoms with van der Waals surface area (Å²) in [6, 6.07) is -0.871. The second-order valence-electron chi connectivity index (χ2n) is 2.49. The van der Waals surface area contributed by atoms with E-state index in [-0.39, 0.29) is 6.42 Å². The molecule has 0 saturated carbocycles. The Morgan fingerprint density at radius 3 is 2.00 bits per heavy atom. The van der Waals surface area contributed by atoms with E-state index in [2.05, 4.69) is 10.6 Å². The average Bonchev–Trinajstić information content (AvgIpc) is 2.14. The summed E-state index contributed by atoms with van der Waals surface area (Å²) in [6.45, 7) is 1.82. The van der Waals surface area contributed by atoms with Gasteiger partial charge in [0.25, 0.3) is 0 Å². The zero-order valence-electron chi connectivity index (χ0n) is 8.71. The number of hydrogen-bond donors (Lipinski definition) is 3. The number of alkyl halides is 3. The summed E-state index contributed by atoms with van der Waals surface area (Å²) in [5, 5.41) is 7.12. The molecule has 0 atom stereocenters. The number of carboxylic acids is 1. The molecular weight excluding hydrogens is 249 g/mol. The highest BCUT2D eigenvalue weighted by atomic mass is 19.4. The van der Waals surface area contributed by atoms with Crippen molar-refractivity contribution in [2.45, 2.75) is 25.9 Å². The molecule has 100 valence electrons. The molecule has 0 bridgehead atoms. The Bertz CT molecular complexity index is 279. The number of hydroxylamine groups is 1. The number of nitrogens with two attached hydrogens (primary N) is 1. The molecule has 0 aliphatic heterocycles. The number of halogens is 3. The first-order chi connectivity index (χ1) is 7.61. The average molecular weight is 260 g/mol. The molecule has 2 amide bonds. The minimum absolute atomic E-state index is 0.278. The lowest BCUT2D eigenvalue weighted by atomic mass is 10.3. The first-order valence-corrected chi connectivity index (χ1v) is 4.16. The maximum absolute atomic E-state index is 10.6. The third kappa shape index (κ3) is 14.0. The van der Waals surface area contributed by atoms with Crippen molar-refractivity contribution in [2.75, 3.05) is 0 Å². The van der Waals surface area contributed by atoms with Gasteiger partial charge in [-0.15, -0.1) is 0 Å². The van der Waals surface area contributed by atoms with Crippen molar-refractivity contribution in [1.82, 2.24) is 5.48 Å². The molecule has 0 aromatic carbocycles. The van der Waals surface area contributed by atoms with Crippen molar-refractivity contribution in [2.24, 2.45) is 5.73 Å². The number of amides is 2. The van der Waals surface area contributed by atoms with Crippen LogP contribution in [0.3, 0.4) is 0 Å². The normalized spacial score (nSPS) is 9.65. The van der Waals surface area contributed by atoms with Crippen LogP contribution in [-0.2, 0) is 14.4 Å². The molecule has 10 heteroatoms. The van der Waals surface area contributed by atoms with Gasteiger partial charge in [-0.3, -0.25) is 0 Å². The van der Waals surface area contributed by atoms with Gasteiger partial charge in [-0.1, -0.05) is 6.92 Å². The van der Waals surface area contributed by atoms with Crippen LogP contribution in [0.25, 0.3) is 0 Å². The van der Waals surface area contributed by atoms with Gasteiger partial charge in [0.15, 0.2) is 0 Å². The Morgan fingerprint density at radius 1 is 1.35 bits per heavy atom. The zero-order valence-corrected chi connectivity index (χ0v) is 8.71. The van der Waals surface area contributed by atoms with E-state index in [0.29, 0.717) is 6.42 Å². The number of carbonyl (C=O) groups excluding carboxylic acids is 2. The van der Waals surface area contributed by atoms with Crippen molar-refractivity contribution >= 4 is 18.0 Å². The number of carboxylic acid groups (broad SMARTS) is 1. The van der Waals surface area contributed by atoms with Gasteiger partial charge in [0.05, 0.1) is 0 Å². The molecule has 0 aromatic rings. The number of carbonyl (C=O) groups is 3. The Kier molecular flexibility index (Phi) is 8.38. The van der Waals surface area contributed by atoms with E-state index in [1.54, 1.807) is 5.48 Å². The molecule has 0 heterocycles. The van der Waals surface area contributed by atoms with Gasteiger partial charge in [-0.2, -0.15) is 18.7 Å².